The minimum absolute atomic E-state index is 0.0671. The predicted molar refractivity (Wildman–Crippen MR) is 109 cm³/mol. The maximum atomic E-state index is 12.9. The number of benzene rings is 1. The average molecular weight is 418 g/mol. The number of nitrogens with one attached hydrogen (secondary N) is 2. The molecule has 1 fully saturated rings. The molecule has 3 atom stereocenters. The monoisotopic (exact) mass is 418 g/mol. The normalized spacial score (nSPS) is 18.3. The summed E-state index contributed by atoms with van der Waals surface area (Å²) in [5.74, 6) is -1.62. The number of amides is 2. The van der Waals surface area contributed by atoms with Crippen molar-refractivity contribution in [1.82, 2.24) is 10.6 Å². The van der Waals surface area contributed by atoms with E-state index >= 15 is 0 Å². The molecule has 1 saturated carbocycles. The van der Waals surface area contributed by atoms with Crippen molar-refractivity contribution >= 4 is 23.8 Å². The van der Waals surface area contributed by atoms with Gasteiger partial charge in [0, 0.05) is 12.8 Å². The number of esters is 1. The van der Waals surface area contributed by atoms with Crippen molar-refractivity contribution < 1.29 is 28.7 Å². The molecule has 0 heterocycles. The van der Waals surface area contributed by atoms with Crippen LogP contribution in [0.3, 0.4) is 0 Å². The van der Waals surface area contributed by atoms with Gasteiger partial charge in [0.05, 0.1) is 7.11 Å². The molecule has 0 unspecified atom stereocenters. The van der Waals surface area contributed by atoms with Crippen LogP contribution < -0.4 is 10.6 Å². The number of alkyl carbamates (subject to hydrolysis) is 1. The summed E-state index contributed by atoms with van der Waals surface area (Å²) in [4.78, 5) is 49.2. The molecule has 1 aliphatic rings. The molecule has 0 saturated heterocycles. The van der Waals surface area contributed by atoms with Crippen LogP contribution in [0.25, 0.3) is 0 Å². The molecule has 1 aromatic rings. The minimum atomic E-state index is -0.935. The first kappa shape index (κ1) is 23.4. The van der Waals surface area contributed by atoms with E-state index in [2.05, 4.69) is 10.6 Å². The lowest BCUT2D eigenvalue weighted by atomic mass is 9.83. The summed E-state index contributed by atoms with van der Waals surface area (Å²) in [5, 5.41) is 5.25. The molecule has 1 aliphatic carbocycles. The van der Waals surface area contributed by atoms with Crippen LogP contribution in [0.15, 0.2) is 30.3 Å². The first-order valence-electron chi connectivity index (χ1n) is 10.2. The number of hydrogen-bond donors (Lipinski definition) is 2. The number of carbonyl (C=O) groups is 4. The van der Waals surface area contributed by atoms with Crippen LogP contribution in [0.2, 0.25) is 0 Å². The molecule has 8 heteroatoms. The van der Waals surface area contributed by atoms with E-state index in [-0.39, 0.29) is 30.6 Å². The van der Waals surface area contributed by atoms with Crippen molar-refractivity contribution in [1.29, 1.82) is 0 Å². The third-order valence-electron chi connectivity index (χ3n) is 5.18. The summed E-state index contributed by atoms with van der Waals surface area (Å²) < 4.78 is 10.0. The number of carbonyl (C=O) groups excluding carboxylic acids is 4. The summed E-state index contributed by atoms with van der Waals surface area (Å²) in [6.45, 7) is 3.63. The lowest BCUT2D eigenvalue weighted by Gasteiger charge is -2.30. The number of ether oxygens (including phenoxy) is 2. The van der Waals surface area contributed by atoms with Gasteiger partial charge in [-0.1, -0.05) is 44.2 Å². The van der Waals surface area contributed by atoms with Crippen LogP contribution >= 0.6 is 0 Å². The summed E-state index contributed by atoms with van der Waals surface area (Å²) in [6.07, 6.45) is 1.30. The van der Waals surface area contributed by atoms with Gasteiger partial charge in [0.2, 0.25) is 5.91 Å². The Labute approximate surface area is 176 Å². The highest BCUT2D eigenvalue weighted by molar-refractivity contribution is 5.90. The van der Waals surface area contributed by atoms with Gasteiger partial charge in [0.25, 0.3) is 0 Å². The summed E-state index contributed by atoms with van der Waals surface area (Å²) in [6, 6.07) is 7.35. The van der Waals surface area contributed by atoms with Crippen LogP contribution in [-0.4, -0.2) is 42.9 Å². The predicted octanol–water partition coefficient (Wildman–Crippen LogP) is 2.35. The molecule has 8 nitrogen and oxygen atoms in total. The van der Waals surface area contributed by atoms with Crippen molar-refractivity contribution in [2.45, 2.75) is 58.2 Å². The van der Waals surface area contributed by atoms with E-state index in [0.29, 0.717) is 19.3 Å². The van der Waals surface area contributed by atoms with Gasteiger partial charge in [-0.2, -0.15) is 0 Å². The zero-order valence-electron chi connectivity index (χ0n) is 17.7. The lowest BCUT2D eigenvalue weighted by Crippen LogP contribution is -2.56. The summed E-state index contributed by atoms with van der Waals surface area (Å²) in [5.41, 5.74) is 0.825. The Morgan fingerprint density at radius 2 is 1.83 bits per heavy atom. The number of ketones is 1. The Morgan fingerprint density at radius 1 is 1.13 bits per heavy atom. The molecule has 0 bridgehead atoms. The van der Waals surface area contributed by atoms with E-state index in [1.54, 1.807) is 13.8 Å². The molecular weight excluding hydrogens is 388 g/mol. The van der Waals surface area contributed by atoms with Crippen molar-refractivity contribution in [2.75, 3.05) is 7.11 Å². The Kier molecular flexibility index (Phi) is 8.83. The first-order chi connectivity index (χ1) is 14.3. The summed E-state index contributed by atoms with van der Waals surface area (Å²) in [7, 11) is 1.24. The first-order valence-corrected chi connectivity index (χ1v) is 10.2. The second-order valence-electron chi connectivity index (χ2n) is 7.83. The Morgan fingerprint density at radius 3 is 2.43 bits per heavy atom. The second kappa shape index (κ2) is 11.3. The average Bonchev–Trinajstić information content (AvgIpc) is 2.74. The molecule has 0 spiro atoms. The lowest BCUT2D eigenvalue weighted by molar-refractivity contribution is -0.147. The molecule has 0 radical (unpaired) electrons. The molecular formula is C22H30N2O6. The fourth-order valence-electron chi connectivity index (χ4n) is 3.51. The number of rotatable bonds is 8. The highest BCUT2D eigenvalue weighted by Gasteiger charge is 2.36. The van der Waals surface area contributed by atoms with Crippen LogP contribution in [-0.2, 0) is 30.5 Å². The van der Waals surface area contributed by atoms with Crippen LogP contribution in [0.5, 0.6) is 0 Å². The van der Waals surface area contributed by atoms with Gasteiger partial charge in [-0.15, -0.1) is 0 Å². The van der Waals surface area contributed by atoms with E-state index < -0.39 is 30.1 Å². The fourth-order valence-corrected chi connectivity index (χ4v) is 3.51. The van der Waals surface area contributed by atoms with Crippen molar-refractivity contribution in [3.05, 3.63) is 35.9 Å². The van der Waals surface area contributed by atoms with E-state index in [9.17, 15) is 19.2 Å². The zero-order valence-corrected chi connectivity index (χ0v) is 17.7. The molecule has 30 heavy (non-hydrogen) atoms. The fraction of sp³-hybridized carbons (Fsp3) is 0.545. The molecule has 2 N–H and O–H groups in total. The Hall–Kier alpha value is -2.90. The second-order valence-corrected chi connectivity index (χ2v) is 7.83. The van der Waals surface area contributed by atoms with E-state index in [0.717, 1.165) is 5.56 Å². The summed E-state index contributed by atoms with van der Waals surface area (Å²) >= 11 is 0. The van der Waals surface area contributed by atoms with Gasteiger partial charge in [-0.05, 0) is 30.2 Å². The third-order valence-corrected chi connectivity index (χ3v) is 5.18. The van der Waals surface area contributed by atoms with Gasteiger partial charge in [-0.25, -0.2) is 9.59 Å². The van der Waals surface area contributed by atoms with Crippen LogP contribution in [0.1, 0.15) is 45.1 Å². The van der Waals surface area contributed by atoms with Crippen molar-refractivity contribution in [2.24, 2.45) is 11.8 Å². The van der Waals surface area contributed by atoms with E-state index in [4.69, 9.17) is 9.47 Å². The van der Waals surface area contributed by atoms with Gasteiger partial charge in [0.15, 0.2) is 0 Å². The molecule has 1 aromatic carbocycles. The quantitative estimate of drug-likeness (QED) is 0.627. The number of hydrogen-bond acceptors (Lipinski definition) is 6. The van der Waals surface area contributed by atoms with Gasteiger partial charge >= 0.3 is 12.1 Å². The largest absolute Gasteiger partial charge is 0.467 e. The smallest absolute Gasteiger partial charge is 0.408 e. The molecule has 2 rings (SSSR count). The van der Waals surface area contributed by atoms with Crippen LogP contribution in [0, 0.1) is 11.8 Å². The van der Waals surface area contributed by atoms with E-state index in [1.807, 2.05) is 30.3 Å². The Balaban J connectivity index is 2.00. The highest BCUT2D eigenvalue weighted by Crippen LogP contribution is 2.25. The standard InChI is InChI=1S/C22H30N2O6/c1-14(2)18(24-22(28)30-13-15-8-5-4-6-9-15)20(26)23-19(21(27)29-3)16-10-7-11-17(25)12-16/h4-6,8-9,14,16,18-19H,7,10-13H2,1-3H3,(H,23,26)(H,24,28)/t16-,18+,19+/m1/s1. The van der Waals surface area contributed by atoms with E-state index in [1.165, 1.54) is 7.11 Å². The third kappa shape index (κ3) is 6.86. The highest BCUT2D eigenvalue weighted by atomic mass is 16.5. The molecule has 0 aromatic heterocycles. The zero-order chi connectivity index (χ0) is 22.1. The SMILES string of the molecule is COC(=O)[C@@H](NC(=O)[C@@H](NC(=O)OCc1ccccc1)C(C)C)[C@@H]1CCCC(=O)C1. The molecule has 2 amide bonds. The van der Waals surface area contributed by atoms with Crippen molar-refractivity contribution in [3.63, 3.8) is 0 Å². The number of methoxy groups -OCH3 is 1. The Bertz CT molecular complexity index is 749. The van der Waals surface area contributed by atoms with Gasteiger partial charge in [-0.3, -0.25) is 9.59 Å². The number of Topliss-reactive ketones (excluding diaryl/α,β-unsaturated/α-hetero) is 1. The topological polar surface area (TPSA) is 111 Å². The van der Waals surface area contributed by atoms with Gasteiger partial charge < -0.3 is 20.1 Å². The maximum absolute atomic E-state index is 12.9. The molecule has 0 aliphatic heterocycles. The minimum Gasteiger partial charge on any atom is -0.467 e. The molecule has 164 valence electrons. The maximum Gasteiger partial charge on any atom is 0.408 e. The van der Waals surface area contributed by atoms with Gasteiger partial charge in [0.1, 0.15) is 24.5 Å². The van der Waals surface area contributed by atoms with Crippen molar-refractivity contribution in [3.8, 4) is 0 Å². The van der Waals surface area contributed by atoms with Crippen LogP contribution in [0.4, 0.5) is 4.79 Å².